The van der Waals surface area contributed by atoms with Gasteiger partial charge in [-0.2, -0.15) is 4.98 Å². The van der Waals surface area contributed by atoms with E-state index in [2.05, 4.69) is 114 Å². The molecular weight excluding hydrogens is 1270 g/mol. The molecule has 0 saturated heterocycles. The van der Waals surface area contributed by atoms with Crippen molar-refractivity contribution in [2.24, 2.45) is 0 Å². The summed E-state index contributed by atoms with van der Waals surface area (Å²) in [4.78, 5) is 42.8. The van der Waals surface area contributed by atoms with Crippen molar-refractivity contribution < 1.29 is 37.3 Å². The number of hydrogen-bond donors (Lipinski definition) is 2. The summed E-state index contributed by atoms with van der Waals surface area (Å²) in [7, 11) is 3.01. The molecular formula is C30H22Cl2I5N8O6-. The predicted molar refractivity (Wildman–Crippen MR) is 223 cm³/mol. The fourth-order valence-electron chi connectivity index (χ4n) is 3.69. The van der Waals surface area contributed by atoms with Crippen LogP contribution in [-0.2, 0) is 0 Å². The number of nitrogens with zero attached hydrogens (tertiary/aromatic N) is 7. The molecule has 0 saturated carbocycles. The fraction of sp³-hybridized carbons (Fsp3) is 0.0667. The zero-order valence-electron chi connectivity index (χ0n) is 25.8. The number of aromatic amines is 1. The molecule has 2 aromatic carbocycles. The van der Waals surface area contributed by atoms with Crippen LogP contribution in [0.5, 0.6) is 40.4 Å². The number of benzene rings is 2. The van der Waals surface area contributed by atoms with Crippen molar-refractivity contribution in [2.75, 3.05) is 14.2 Å². The summed E-state index contributed by atoms with van der Waals surface area (Å²) in [6.45, 7) is 0. The minimum atomic E-state index is -0.661. The van der Waals surface area contributed by atoms with Gasteiger partial charge in [0.05, 0.1) is 14.2 Å². The topological polar surface area (TPSA) is 180 Å². The average Bonchev–Trinajstić information content (AvgIpc) is 3.17. The molecule has 0 spiro atoms. The molecule has 0 aliphatic rings. The van der Waals surface area contributed by atoms with Crippen LogP contribution >= 0.6 is 97.7 Å². The number of para-hydroxylation sites is 4. The maximum atomic E-state index is 12.2. The van der Waals surface area contributed by atoms with Gasteiger partial charge >= 0.3 is 50.5 Å². The van der Waals surface area contributed by atoms with Crippen LogP contribution < -0.4 is 37.8 Å². The Bertz CT molecular complexity index is 2020. The van der Waals surface area contributed by atoms with Gasteiger partial charge in [0.15, 0.2) is 50.8 Å². The molecule has 268 valence electrons. The van der Waals surface area contributed by atoms with E-state index in [4.69, 9.17) is 42.1 Å². The van der Waals surface area contributed by atoms with Crippen LogP contribution in [0.25, 0.3) is 23.3 Å². The van der Waals surface area contributed by atoms with Crippen LogP contribution in [-0.4, -0.2) is 59.2 Å². The Morgan fingerprint density at radius 3 is 1.49 bits per heavy atom. The predicted octanol–water partition coefficient (Wildman–Crippen LogP) is 6.32. The van der Waals surface area contributed by atoms with Crippen LogP contribution in [0.15, 0.2) is 90.2 Å². The fourth-order valence-corrected chi connectivity index (χ4v) is 4.16. The Balaban J connectivity index is 0.000000245. The molecule has 6 rings (SSSR count). The van der Waals surface area contributed by atoms with E-state index < -0.39 is 11.4 Å². The van der Waals surface area contributed by atoms with Gasteiger partial charge in [-0.25, -0.2) is 29.9 Å². The number of hydrogen-bond acceptors (Lipinski definition) is 13. The second-order valence-corrected chi connectivity index (χ2v) is 25.7. The first-order valence-corrected chi connectivity index (χ1v) is 33.1. The number of halogens is 7. The van der Waals surface area contributed by atoms with Crippen LogP contribution in [0.1, 0.15) is 0 Å². The van der Waals surface area contributed by atoms with E-state index in [1.807, 2.05) is 6.07 Å². The molecule has 0 radical (unpaired) electrons. The normalized spacial score (nSPS) is 9.88. The van der Waals surface area contributed by atoms with Gasteiger partial charge in [0.2, 0.25) is 11.6 Å². The van der Waals surface area contributed by atoms with Crippen LogP contribution in [0.2, 0.25) is 10.3 Å². The van der Waals surface area contributed by atoms with Crippen LogP contribution in [0.3, 0.4) is 0 Å². The third kappa shape index (κ3) is 13.0. The number of H-pyrrole nitrogens is 1. The molecule has 0 fully saturated rings. The molecule has 0 aliphatic carbocycles. The van der Waals surface area contributed by atoms with E-state index in [0.717, 1.165) is 0 Å². The van der Waals surface area contributed by atoms with Crippen molar-refractivity contribution in [1.82, 2.24) is 39.9 Å². The molecule has 0 unspecified atom stereocenters. The molecule has 4 heterocycles. The third-order valence-corrected chi connectivity index (χ3v) is 6.26. The molecule has 51 heavy (non-hydrogen) atoms. The van der Waals surface area contributed by atoms with Gasteiger partial charge < -0.3 is 29.0 Å². The number of rotatable bonds is 8. The number of aromatic hydroxyl groups is 1. The van der Waals surface area contributed by atoms with E-state index in [1.54, 1.807) is 67.0 Å². The monoisotopic (exact) mass is 1290 g/mol. The van der Waals surface area contributed by atoms with Gasteiger partial charge in [-0.15, -0.1) is 0 Å². The molecule has 0 aliphatic heterocycles. The van der Waals surface area contributed by atoms with E-state index in [0.29, 0.717) is 36.3 Å². The Hall–Kier alpha value is -2.21. The number of ether oxygens (including phenoxy) is 4. The molecule has 2 N–H and O–H groups in total. The summed E-state index contributed by atoms with van der Waals surface area (Å²) < 4.78 is 21.5. The van der Waals surface area contributed by atoms with Gasteiger partial charge in [-0.05, 0) is 36.4 Å². The first-order valence-electron chi connectivity index (χ1n) is 13.5. The van der Waals surface area contributed by atoms with E-state index in [-0.39, 0.29) is 45.0 Å². The van der Waals surface area contributed by atoms with Gasteiger partial charge in [0.25, 0.3) is 17.2 Å². The summed E-state index contributed by atoms with van der Waals surface area (Å²) in [5, 5.41) is 10.1. The van der Waals surface area contributed by atoms with Crippen LogP contribution in [0, 0.1) is 0 Å². The first-order chi connectivity index (χ1) is 24.8. The Labute approximate surface area is 354 Å². The Morgan fingerprint density at radius 1 is 0.647 bits per heavy atom. The second kappa shape index (κ2) is 23.5. The van der Waals surface area contributed by atoms with Crippen molar-refractivity contribution in [3.8, 4) is 63.7 Å². The van der Waals surface area contributed by atoms with E-state index in [9.17, 15) is 9.90 Å². The van der Waals surface area contributed by atoms with Crippen molar-refractivity contribution >= 4 is 97.7 Å². The van der Waals surface area contributed by atoms with Gasteiger partial charge in [0, 0.05) is 62.0 Å². The average molecular weight is 1300 g/mol. The van der Waals surface area contributed by atoms with Gasteiger partial charge in [-0.1, -0.05) is 47.5 Å². The summed E-state index contributed by atoms with van der Waals surface area (Å²) >= 11 is 21.9. The summed E-state index contributed by atoms with van der Waals surface area (Å²) in [5.41, 5.74) is -0.661. The second-order valence-electron chi connectivity index (χ2n) is 8.73. The molecule has 0 atom stereocenters. The summed E-state index contributed by atoms with van der Waals surface area (Å²) in [5.74, 6) is 1.68. The zero-order chi connectivity index (χ0) is 37.2. The van der Waals surface area contributed by atoms with Crippen molar-refractivity contribution in [3.63, 3.8) is 0 Å². The molecule has 6 aromatic rings. The zero-order valence-corrected chi connectivity index (χ0v) is 38.1. The third-order valence-electron chi connectivity index (χ3n) is 5.75. The van der Waals surface area contributed by atoms with Crippen molar-refractivity contribution in [1.29, 1.82) is 0 Å². The van der Waals surface area contributed by atoms with E-state index in [1.165, 1.54) is 26.6 Å². The Kier molecular flexibility index (Phi) is 19.9. The SMILES string of the molecule is COc1ccccc1Oc1c(Cl)nc(-c2ncccn2)nc1Cl.COc1ccccc1Oc1c(O)nc(-c2ncccn2)[nH]c1=O.II.I[I-]I. The maximum absolute atomic E-state index is 12.2. The first kappa shape index (κ1) is 43.2. The van der Waals surface area contributed by atoms with Crippen molar-refractivity contribution in [2.45, 2.75) is 0 Å². The molecule has 14 nitrogen and oxygen atoms in total. The number of aromatic nitrogens is 8. The van der Waals surface area contributed by atoms with Gasteiger partial charge in [0.1, 0.15) is 0 Å². The number of methoxy groups -OCH3 is 2. The quantitative estimate of drug-likeness (QED) is 0.128. The summed E-state index contributed by atoms with van der Waals surface area (Å²) in [6.07, 6.45) is 6.15. The molecule has 0 bridgehead atoms. The molecule has 0 amide bonds. The van der Waals surface area contributed by atoms with E-state index >= 15 is 0 Å². The minimum absolute atomic E-state index is 0.0421. The van der Waals surface area contributed by atoms with Crippen LogP contribution in [0.4, 0.5) is 0 Å². The molecule has 21 heteroatoms. The molecule has 4 aromatic heterocycles. The van der Waals surface area contributed by atoms with Crippen molar-refractivity contribution in [3.05, 3.63) is 106 Å². The standard InChI is InChI=1S/C15H10Cl2N4O2.C15H12N4O4.I3.I2/c1-22-9-5-2-3-6-10(9)23-11-12(16)20-15(21-13(11)17)14-18-7-4-8-19-14;1-22-9-5-2-3-6-10(9)23-11-14(20)18-13(19-15(11)21)12-16-7-4-8-17-12;1-3-2;1-2/h2-8H,1H3;2-8H,1H3,(H2,18,19,20,21);;/q;;-1;. The summed E-state index contributed by atoms with van der Waals surface area (Å²) in [6, 6.07) is 17.1. The number of nitrogens with one attached hydrogen (secondary N) is 1. The Morgan fingerprint density at radius 2 is 1.06 bits per heavy atom. The van der Waals surface area contributed by atoms with Gasteiger partial charge in [-0.3, -0.25) is 4.79 Å².